The van der Waals surface area contributed by atoms with Crippen molar-refractivity contribution in [2.45, 2.75) is 82.6 Å². The van der Waals surface area contributed by atoms with Crippen molar-refractivity contribution in [1.82, 2.24) is 0 Å². The molecular formula is C20H34NO4P. The van der Waals surface area contributed by atoms with Crippen LogP contribution in [-0.2, 0) is 15.5 Å². The fourth-order valence-electron chi connectivity index (χ4n) is 3.90. The van der Waals surface area contributed by atoms with Gasteiger partial charge in [0.25, 0.3) is 0 Å². The predicted molar refractivity (Wildman–Crippen MR) is 105 cm³/mol. The summed E-state index contributed by atoms with van der Waals surface area (Å²) in [6, 6.07) is 8.73. The van der Waals surface area contributed by atoms with Crippen LogP contribution in [0.1, 0.15) is 81.8 Å². The Kier molecular flexibility index (Phi) is 8.31. The molecule has 26 heavy (non-hydrogen) atoms. The van der Waals surface area contributed by atoms with E-state index in [0.29, 0.717) is 12.3 Å². The van der Waals surface area contributed by atoms with Crippen LogP contribution in [0, 0.1) is 0 Å². The van der Waals surface area contributed by atoms with E-state index in [0.717, 1.165) is 19.3 Å². The molecule has 2 atom stereocenters. The van der Waals surface area contributed by atoms with Crippen molar-refractivity contribution in [3.63, 3.8) is 0 Å². The smallest absolute Gasteiger partial charge is 0.323 e. The third kappa shape index (κ3) is 7.50. The second-order valence-corrected chi connectivity index (χ2v) is 9.07. The zero-order valence-electron chi connectivity index (χ0n) is 15.9. The molecule has 0 spiro atoms. The fraction of sp³-hybridized carbons (Fsp3) is 0.700. The molecule has 1 aromatic rings. The van der Waals surface area contributed by atoms with Gasteiger partial charge in [-0.2, -0.15) is 0 Å². The summed E-state index contributed by atoms with van der Waals surface area (Å²) in [7, 11) is -4.46. The minimum absolute atomic E-state index is 0.0920. The van der Waals surface area contributed by atoms with E-state index in [-0.39, 0.29) is 6.61 Å². The predicted octanol–water partition coefficient (Wildman–Crippen LogP) is 4.66. The summed E-state index contributed by atoms with van der Waals surface area (Å²) in [6.45, 7) is 2.15. The Bertz CT molecular complexity index is 603. The quantitative estimate of drug-likeness (QED) is 0.382. The Hall–Kier alpha value is -0.710. The normalized spacial score (nSPS) is 23.5. The van der Waals surface area contributed by atoms with Crippen LogP contribution < -0.4 is 5.73 Å². The lowest BCUT2D eigenvalue weighted by Crippen LogP contribution is -2.41. The summed E-state index contributed by atoms with van der Waals surface area (Å²) in [5, 5.41) is 0. The largest absolute Gasteiger partial charge is 0.469 e. The van der Waals surface area contributed by atoms with Crippen LogP contribution in [0.25, 0.3) is 0 Å². The Morgan fingerprint density at radius 2 is 1.96 bits per heavy atom. The maximum Gasteiger partial charge on any atom is 0.469 e. The summed E-state index contributed by atoms with van der Waals surface area (Å²) < 4.78 is 15.6. The molecule has 0 saturated heterocycles. The summed E-state index contributed by atoms with van der Waals surface area (Å²) in [5.74, 6) is 0.338. The third-order valence-electron chi connectivity index (χ3n) is 5.41. The number of nitrogens with two attached hydrogens (primary N) is 1. The zero-order valence-corrected chi connectivity index (χ0v) is 16.8. The maximum atomic E-state index is 10.9. The van der Waals surface area contributed by atoms with E-state index in [1.807, 2.05) is 0 Å². The van der Waals surface area contributed by atoms with Gasteiger partial charge < -0.3 is 15.5 Å². The number of unbranched alkanes of at least 4 members (excludes halogenated alkanes) is 5. The molecule has 1 unspecified atom stereocenters. The number of hydrogen-bond donors (Lipinski definition) is 3. The van der Waals surface area contributed by atoms with Crippen molar-refractivity contribution < 1.29 is 18.9 Å². The second-order valence-electron chi connectivity index (χ2n) is 7.83. The van der Waals surface area contributed by atoms with Crippen LogP contribution in [0.15, 0.2) is 24.3 Å². The number of aryl methyl sites for hydroxylation is 1. The Morgan fingerprint density at radius 1 is 1.23 bits per heavy atom. The molecule has 1 fully saturated rings. The van der Waals surface area contributed by atoms with Crippen LogP contribution in [0.2, 0.25) is 0 Å². The molecule has 1 saturated carbocycles. The first-order chi connectivity index (χ1) is 12.3. The highest BCUT2D eigenvalue weighted by atomic mass is 31.2. The molecule has 0 amide bonds. The number of phosphoric ester groups is 1. The Balaban J connectivity index is 1.83. The molecule has 0 aromatic heterocycles. The van der Waals surface area contributed by atoms with Crippen LogP contribution >= 0.6 is 7.82 Å². The molecule has 0 bridgehead atoms. The van der Waals surface area contributed by atoms with Crippen molar-refractivity contribution in [2.75, 3.05) is 6.61 Å². The molecule has 5 nitrogen and oxygen atoms in total. The Morgan fingerprint density at radius 3 is 2.69 bits per heavy atom. The van der Waals surface area contributed by atoms with Crippen LogP contribution in [-0.4, -0.2) is 21.9 Å². The summed E-state index contributed by atoms with van der Waals surface area (Å²) in [4.78, 5) is 17.8. The first-order valence-corrected chi connectivity index (χ1v) is 11.4. The topological polar surface area (TPSA) is 92.8 Å². The van der Waals surface area contributed by atoms with Crippen LogP contribution in [0.4, 0.5) is 0 Å². The van der Waals surface area contributed by atoms with Gasteiger partial charge in [0.2, 0.25) is 0 Å². The Labute approximate surface area is 157 Å². The number of hydrogen-bond acceptors (Lipinski definition) is 3. The van der Waals surface area contributed by atoms with Gasteiger partial charge in [-0.3, -0.25) is 4.52 Å². The number of rotatable bonds is 11. The van der Waals surface area contributed by atoms with Crippen molar-refractivity contribution in [1.29, 1.82) is 0 Å². The lowest BCUT2D eigenvalue weighted by molar-refractivity contribution is 0.153. The molecule has 1 aromatic carbocycles. The first kappa shape index (κ1) is 21.6. The SMILES string of the molecule is CCCCCCCCc1cccc([C@H]2CCC(N)(COP(=O)(O)O)C2)c1. The summed E-state index contributed by atoms with van der Waals surface area (Å²) >= 11 is 0. The van der Waals surface area contributed by atoms with E-state index >= 15 is 0 Å². The fourth-order valence-corrected chi connectivity index (χ4v) is 4.32. The highest BCUT2D eigenvalue weighted by molar-refractivity contribution is 7.46. The maximum absolute atomic E-state index is 10.9. The molecule has 148 valence electrons. The van der Waals surface area contributed by atoms with Crippen molar-refractivity contribution in [3.05, 3.63) is 35.4 Å². The standard InChI is InChI=1S/C20H34NO4P/c1-2-3-4-5-6-7-9-17-10-8-11-18(14-17)19-12-13-20(21,15-19)16-25-26(22,23)24/h8,10-11,14,19H,2-7,9,12-13,15-16,21H2,1H3,(H2,22,23,24)/t19-,20?/m0/s1. The van der Waals surface area contributed by atoms with Gasteiger partial charge in [0.05, 0.1) is 6.61 Å². The van der Waals surface area contributed by atoms with Gasteiger partial charge in [-0.05, 0) is 49.1 Å². The monoisotopic (exact) mass is 383 g/mol. The molecule has 0 heterocycles. The van der Waals surface area contributed by atoms with Gasteiger partial charge in [0.1, 0.15) is 0 Å². The third-order valence-corrected chi connectivity index (χ3v) is 5.87. The van der Waals surface area contributed by atoms with Gasteiger partial charge in [-0.1, -0.05) is 63.3 Å². The molecule has 2 rings (SSSR count). The molecule has 6 heteroatoms. The minimum Gasteiger partial charge on any atom is -0.323 e. The van der Waals surface area contributed by atoms with Gasteiger partial charge >= 0.3 is 7.82 Å². The van der Waals surface area contributed by atoms with E-state index in [1.54, 1.807) is 0 Å². The highest BCUT2D eigenvalue weighted by Gasteiger charge is 2.38. The van der Waals surface area contributed by atoms with Crippen molar-refractivity contribution in [3.8, 4) is 0 Å². The zero-order chi connectivity index (χ0) is 19.0. The lowest BCUT2D eigenvalue weighted by Gasteiger charge is -2.24. The van der Waals surface area contributed by atoms with E-state index < -0.39 is 13.4 Å². The second kappa shape index (κ2) is 10.0. The van der Waals surface area contributed by atoms with E-state index in [9.17, 15) is 4.57 Å². The average molecular weight is 383 g/mol. The molecular weight excluding hydrogens is 349 g/mol. The minimum atomic E-state index is -4.46. The van der Waals surface area contributed by atoms with E-state index in [2.05, 4.69) is 35.7 Å². The number of phosphoric acid groups is 1. The van der Waals surface area contributed by atoms with Gasteiger partial charge in [0, 0.05) is 5.54 Å². The van der Waals surface area contributed by atoms with E-state index in [4.69, 9.17) is 15.5 Å². The molecule has 1 aliphatic carbocycles. The average Bonchev–Trinajstić information content (AvgIpc) is 2.99. The van der Waals surface area contributed by atoms with Gasteiger partial charge in [-0.15, -0.1) is 0 Å². The summed E-state index contributed by atoms with van der Waals surface area (Å²) in [5.41, 5.74) is 8.31. The van der Waals surface area contributed by atoms with Crippen molar-refractivity contribution >= 4 is 7.82 Å². The summed E-state index contributed by atoms with van der Waals surface area (Å²) in [6.07, 6.45) is 11.3. The highest BCUT2D eigenvalue weighted by Crippen LogP contribution is 2.43. The van der Waals surface area contributed by atoms with Crippen LogP contribution in [0.5, 0.6) is 0 Å². The van der Waals surface area contributed by atoms with Crippen molar-refractivity contribution in [2.24, 2.45) is 5.73 Å². The van der Waals surface area contributed by atoms with Gasteiger partial charge in [0.15, 0.2) is 0 Å². The van der Waals surface area contributed by atoms with Crippen LogP contribution in [0.3, 0.4) is 0 Å². The lowest BCUT2D eigenvalue weighted by atomic mass is 9.92. The molecule has 4 N–H and O–H groups in total. The molecule has 0 radical (unpaired) electrons. The van der Waals surface area contributed by atoms with E-state index in [1.165, 1.54) is 49.7 Å². The molecule has 0 aliphatic heterocycles. The van der Waals surface area contributed by atoms with Gasteiger partial charge in [-0.25, -0.2) is 4.57 Å². The first-order valence-electron chi connectivity index (χ1n) is 9.89. The molecule has 1 aliphatic rings. The number of benzene rings is 1.